The zero-order chi connectivity index (χ0) is 19.3. The van der Waals surface area contributed by atoms with E-state index in [2.05, 4.69) is 93.6 Å². The number of hydrogen-bond acceptors (Lipinski definition) is 2. The molecule has 0 spiro atoms. The summed E-state index contributed by atoms with van der Waals surface area (Å²) in [6.45, 7) is 6.87. The van der Waals surface area contributed by atoms with Crippen molar-refractivity contribution in [2.24, 2.45) is 0 Å². The van der Waals surface area contributed by atoms with Crippen molar-refractivity contribution in [1.29, 1.82) is 0 Å². The molecular weight excluding hydrogens is 332 g/mol. The van der Waals surface area contributed by atoms with Crippen LogP contribution in [0.5, 0.6) is 0 Å². The molecule has 0 bridgehead atoms. The topological polar surface area (TPSA) is 29.5 Å². The molecule has 3 aromatic rings. The third-order valence-electron chi connectivity index (χ3n) is 5.00. The van der Waals surface area contributed by atoms with E-state index in [1.54, 1.807) is 0 Å². The number of rotatable bonds is 7. The van der Waals surface area contributed by atoms with Gasteiger partial charge in [0.15, 0.2) is 0 Å². The molecule has 0 radical (unpaired) electrons. The number of aryl methyl sites for hydroxylation is 3. The highest BCUT2D eigenvalue weighted by Crippen LogP contribution is 2.41. The van der Waals surface area contributed by atoms with E-state index in [4.69, 9.17) is 4.74 Å². The van der Waals surface area contributed by atoms with Gasteiger partial charge in [0.25, 0.3) is 0 Å². The molecule has 3 rings (SSSR count). The summed E-state index contributed by atoms with van der Waals surface area (Å²) in [4.78, 5) is 0. The SMILES string of the molecule is Cc1ccc(C(OCCCO)(c2ccc(C)cc2)c2ccc(C)cc2)cc1. The monoisotopic (exact) mass is 360 g/mol. The predicted octanol–water partition coefficient (Wildman–Crippen LogP) is 5.30. The Labute approximate surface area is 162 Å². The van der Waals surface area contributed by atoms with E-state index >= 15 is 0 Å². The highest BCUT2D eigenvalue weighted by atomic mass is 16.5. The quantitative estimate of drug-likeness (QED) is 0.457. The first-order valence-corrected chi connectivity index (χ1v) is 9.52. The average Bonchev–Trinajstić information content (AvgIpc) is 2.68. The minimum Gasteiger partial charge on any atom is -0.396 e. The Hall–Kier alpha value is -2.42. The summed E-state index contributed by atoms with van der Waals surface area (Å²) in [5, 5.41) is 9.30. The first-order valence-electron chi connectivity index (χ1n) is 9.52. The molecule has 0 aliphatic rings. The maximum Gasteiger partial charge on any atom is 0.143 e. The number of benzene rings is 3. The molecule has 0 aliphatic heterocycles. The Morgan fingerprint density at radius 1 is 0.630 bits per heavy atom. The van der Waals surface area contributed by atoms with E-state index < -0.39 is 5.60 Å². The molecule has 0 atom stereocenters. The van der Waals surface area contributed by atoms with Gasteiger partial charge in [-0.1, -0.05) is 89.5 Å². The molecule has 0 aromatic heterocycles. The summed E-state index contributed by atoms with van der Waals surface area (Å²) in [5.41, 5.74) is 6.24. The fourth-order valence-electron chi connectivity index (χ4n) is 3.40. The molecule has 2 heteroatoms. The second kappa shape index (κ2) is 8.51. The molecule has 0 amide bonds. The summed E-state index contributed by atoms with van der Waals surface area (Å²) in [6, 6.07) is 25.6. The molecule has 0 unspecified atom stereocenters. The Balaban J connectivity index is 2.23. The Morgan fingerprint density at radius 2 is 0.963 bits per heavy atom. The lowest BCUT2D eigenvalue weighted by Gasteiger charge is -2.36. The van der Waals surface area contributed by atoms with Gasteiger partial charge in [0.1, 0.15) is 5.60 Å². The second-order valence-corrected chi connectivity index (χ2v) is 7.20. The molecule has 27 heavy (non-hydrogen) atoms. The fourth-order valence-corrected chi connectivity index (χ4v) is 3.40. The highest BCUT2D eigenvalue weighted by Gasteiger charge is 2.37. The fraction of sp³-hybridized carbons (Fsp3) is 0.280. The van der Waals surface area contributed by atoms with Crippen molar-refractivity contribution in [3.63, 3.8) is 0 Å². The van der Waals surface area contributed by atoms with E-state index in [9.17, 15) is 5.11 Å². The van der Waals surface area contributed by atoms with E-state index in [-0.39, 0.29) is 6.61 Å². The van der Waals surface area contributed by atoms with Gasteiger partial charge >= 0.3 is 0 Å². The Kier molecular flexibility index (Phi) is 6.10. The van der Waals surface area contributed by atoms with Gasteiger partial charge in [0, 0.05) is 6.61 Å². The highest BCUT2D eigenvalue weighted by molar-refractivity contribution is 5.49. The molecule has 0 saturated heterocycles. The summed E-state index contributed by atoms with van der Waals surface area (Å²) in [5.74, 6) is 0. The zero-order valence-electron chi connectivity index (χ0n) is 16.4. The van der Waals surface area contributed by atoms with Crippen LogP contribution < -0.4 is 0 Å². The summed E-state index contributed by atoms with van der Waals surface area (Å²) >= 11 is 0. The molecule has 0 saturated carbocycles. The number of aliphatic hydroxyl groups excluding tert-OH is 1. The third-order valence-corrected chi connectivity index (χ3v) is 5.00. The maximum absolute atomic E-state index is 9.30. The van der Waals surface area contributed by atoms with Crippen LogP contribution in [0.1, 0.15) is 39.8 Å². The first-order chi connectivity index (χ1) is 13.1. The summed E-state index contributed by atoms with van der Waals surface area (Å²) < 4.78 is 6.59. The smallest absolute Gasteiger partial charge is 0.143 e. The van der Waals surface area contributed by atoms with E-state index in [1.807, 2.05) is 0 Å². The first kappa shape index (κ1) is 19.3. The van der Waals surface area contributed by atoms with Crippen LogP contribution in [0, 0.1) is 20.8 Å². The van der Waals surface area contributed by atoms with Crippen LogP contribution in [0.25, 0.3) is 0 Å². The van der Waals surface area contributed by atoms with Gasteiger partial charge in [0.05, 0.1) is 6.61 Å². The number of ether oxygens (including phenoxy) is 1. The lowest BCUT2D eigenvalue weighted by atomic mass is 9.79. The second-order valence-electron chi connectivity index (χ2n) is 7.20. The largest absolute Gasteiger partial charge is 0.396 e. The molecule has 0 fully saturated rings. The van der Waals surface area contributed by atoms with Crippen molar-refractivity contribution in [1.82, 2.24) is 0 Å². The van der Waals surface area contributed by atoms with Crippen LogP contribution in [0.3, 0.4) is 0 Å². The van der Waals surface area contributed by atoms with Crippen LogP contribution in [-0.4, -0.2) is 18.3 Å². The van der Waals surface area contributed by atoms with Crippen LogP contribution in [0.2, 0.25) is 0 Å². The Morgan fingerprint density at radius 3 is 1.26 bits per heavy atom. The minimum atomic E-state index is -0.704. The van der Waals surface area contributed by atoms with Crippen LogP contribution in [0.4, 0.5) is 0 Å². The Bertz CT molecular complexity index is 735. The molecule has 0 aliphatic carbocycles. The molecule has 0 heterocycles. The van der Waals surface area contributed by atoms with Crippen molar-refractivity contribution < 1.29 is 9.84 Å². The molecule has 3 aromatic carbocycles. The van der Waals surface area contributed by atoms with Gasteiger partial charge in [-0.15, -0.1) is 0 Å². The van der Waals surface area contributed by atoms with Gasteiger partial charge in [-0.05, 0) is 43.9 Å². The van der Waals surface area contributed by atoms with Gasteiger partial charge in [-0.25, -0.2) is 0 Å². The minimum absolute atomic E-state index is 0.117. The third kappa shape index (κ3) is 4.13. The van der Waals surface area contributed by atoms with E-state index in [0.717, 1.165) is 16.7 Å². The van der Waals surface area contributed by atoms with Gasteiger partial charge < -0.3 is 9.84 Å². The van der Waals surface area contributed by atoms with Crippen molar-refractivity contribution in [2.75, 3.05) is 13.2 Å². The van der Waals surface area contributed by atoms with Crippen molar-refractivity contribution in [2.45, 2.75) is 32.8 Å². The molecule has 1 N–H and O–H groups in total. The number of hydrogen-bond donors (Lipinski definition) is 1. The maximum atomic E-state index is 9.30. The van der Waals surface area contributed by atoms with Gasteiger partial charge in [-0.3, -0.25) is 0 Å². The lowest BCUT2D eigenvalue weighted by molar-refractivity contribution is 0.00596. The van der Waals surface area contributed by atoms with Crippen LogP contribution in [-0.2, 0) is 10.3 Å². The lowest BCUT2D eigenvalue weighted by Crippen LogP contribution is -2.33. The standard InChI is InChI=1S/C25H28O2/c1-19-5-11-22(12-6-19)25(27-18-4-17-26,23-13-7-20(2)8-14-23)24-15-9-21(3)10-16-24/h5-16,26H,4,17-18H2,1-3H3. The van der Waals surface area contributed by atoms with Crippen molar-refractivity contribution in [3.05, 3.63) is 106 Å². The van der Waals surface area contributed by atoms with Crippen molar-refractivity contribution in [3.8, 4) is 0 Å². The molecule has 2 nitrogen and oxygen atoms in total. The van der Waals surface area contributed by atoms with Crippen molar-refractivity contribution >= 4 is 0 Å². The molecular formula is C25H28O2. The number of aliphatic hydroxyl groups is 1. The molecule has 140 valence electrons. The summed E-state index contributed by atoms with van der Waals surface area (Å²) in [7, 11) is 0. The van der Waals surface area contributed by atoms with E-state index in [0.29, 0.717) is 13.0 Å². The summed E-state index contributed by atoms with van der Waals surface area (Å²) in [6.07, 6.45) is 0.603. The van der Waals surface area contributed by atoms with Gasteiger partial charge in [-0.2, -0.15) is 0 Å². The average molecular weight is 360 g/mol. The van der Waals surface area contributed by atoms with E-state index in [1.165, 1.54) is 16.7 Å². The van der Waals surface area contributed by atoms with Gasteiger partial charge in [0.2, 0.25) is 0 Å². The zero-order valence-corrected chi connectivity index (χ0v) is 16.4. The normalized spacial score (nSPS) is 11.6. The predicted molar refractivity (Wildman–Crippen MR) is 111 cm³/mol. The van der Waals surface area contributed by atoms with Crippen LogP contribution >= 0.6 is 0 Å². The van der Waals surface area contributed by atoms with Crippen LogP contribution in [0.15, 0.2) is 72.8 Å².